The Morgan fingerprint density at radius 1 is 1.25 bits per heavy atom. The number of nitrogens with two attached hydrogens (primary N) is 1. The van der Waals surface area contributed by atoms with E-state index in [2.05, 4.69) is 0 Å². The average Bonchev–Trinajstić information content (AvgIpc) is 0.918. The SMILES string of the molecule is [NH2-].[O]=[Ti]=[O]. The second-order valence-corrected chi connectivity index (χ2v) is 0.344. The molecule has 2 N–H and O–H groups in total. The molecule has 0 amide bonds. The third-order valence-electron chi connectivity index (χ3n) is 0. The van der Waals surface area contributed by atoms with Gasteiger partial charge in [0, 0.05) is 0 Å². The summed E-state index contributed by atoms with van der Waals surface area (Å²) in [6.07, 6.45) is 0. The van der Waals surface area contributed by atoms with E-state index in [4.69, 9.17) is 6.65 Å². The van der Waals surface area contributed by atoms with Gasteiger partial charge in [0.25, 0.3) is 0 Å². The first-order valence-corrected chi connectivity index (χ1v) is 1.68. The minimum absolute atomic E-state index is 0. The zero-order valence-corrected chi connectivity index (χ0v) is 3.46. The molecule has 0 aliphatic rings. The molecule has 0 unspecified atom stereocenters. The third-order valence-corrected chi connectivity index (χ3v) is 0. The fourth-order valence-electron chi connectivity index (χ4n) is 0. The van der Waals surface area contributed by atoms with E-state index in [1.54, 1.807) is 0 Å². The third kappa shape index (κ3) is 49.1. The number of rotatable bonds is 0. The Balaban J connectivity index is 0. The van der Waals surface area contributed by atoms with Gasteiger partial charge in [-0.1, -0.05) is 0 Å². The van der Waals surface area contributed by atoms with Crippen LogP contribution in [0.2, 0.25) is 0 Å². The molecule has 0 aliphatic heterocycles. The molecule has 0 aliphatic carbocycles. The van der Waals surface area contributed by atoms with Crippen molar-refractivity contribution in [3.05, 3.63) is 6.15 Å². The summed E-state index contributed by atoms with van der Waals surface area (Å²) < 4.78 is 17.0. The van der Waals surface area contributed by atoms with E-state index >= 15 is 0 Å². The van der Waals surface area contributed by atoms with Crippen molar-refractivity contribution in [3.8, 4) is 0 Å². The van der Waals surface area contributed by atoms with Crippen LogP contribution in [-0.2, 0) is 25.7 Å². The normalized spacial score (nSPS) is 2.00. The van der Waals surface area contributed by atoms with Crippen LogP contribution in [-0.4, -0.2) is 0 Å². The summed E-state index contributed by atoms with van der Waals surface area (Å²) in [5.41, 5.74) is 0. The van der Waals surface area contributed by atoms with E-state index in [-0.39, 0.29) is 6.15 Å². The predicted molar refractivity (Wildman–Crippen MR) is 6.66 cm³/mol. The molecule has 0 saturated carbocycles. The molecule has 0 aromatic rings. The van der Waals surface area contributed by atoms with Crippen LogP contribution in [0.5, 0.6) is 0 Å². The van der Waals surface area contributed by atoms with Crippen molar-refractivity contribution in [1.82, 2.24) is 0 Å². The van der Waals surface area contributed by atoms with Crippen LogP contribution < -0.4 is 0 Å². The van der Waals surface area contributed by atoms with Gasteiger partial charge < -0.3 is 6.15 Å². The van der Waals surface area contributed by atoms with Crippen LogP contribution in [0.4, 0.5) is 0 Å². The van der Waals surface area contributed by atoms with E-state index < -0.39 is 19.1 Å². The van der Waals surface area contributed by atoms with Crippen LogP contribution in [0.3, 0.4) is 0 Å². The molecule has 0 aromatic heterocycles. The predicted octanol–water partition coefficient (Wildman–Crippen LogP) is 0.477. The summed E-state index contributed by atoms with van der Waals surface area (Å²) in [5, 5.41) is 0. The molecular formula is H2NO2Ti-. The fraction of sp³-hybridized carbons (Fsp3) is 0. The molecule has 0 bridgehead atoms. The molecule has 0 aromatic carbocycles. The van der Waals surface area contributed by atoms with E-state index in [0.717, 1.165) is 0 Å². The van der Waals surface area contributed by atoms with Crippen LogP contribution in [0.15, 0.2) is 0 Å². The Labute approximate surface area is 32.5 Å². The summed E-state index contributed by atoms with van der Waals surface area (Å²) in [6.45, 7) is 0. The second-order valence-electron chi connectivity index (χ2n) is 0.0833. The standard InChI is InChI=1S/H2N.2O.Ti/h1H2;;;/q-1;;;. The van der Waals surface area contributed by atoms with Gasteiger partial charge in [-0.25, -0.2) is 0 Å². The zero-order chi connectivity index (χ0) is 2.71. The van der Waals surface area contributed by atoms with Gasteiger partial charge in [-0.3, -0.25) is 0 Å². The van der Waals surface area contributed by atoms with Gasteiger partial charge in [0.15, 0.2) is 0 Å². The van der Waals surface area contributed by atoms with Crippen LogP contribution in [0, 0.1) is 0 Å². The maximum absolute atomic E-state index is 8.50. The zero-order valence-electron chi connectivity index (χ0n) is 1.89. The van der Waals surface area contributed by atoms with E-state index in [1.807, 2.05) is 0 Å². The molecule has 0 rings (SSSR count). The fourth-order valence-corrected chi connectivity index (χ4v) is 0. The van der Waals surface area contributed by atoms with Crippen molar-refractivity contribution in [3.63, 3.8) is 0 Å². The summed E-state index contributed by atoms with van der Waals surface area (Å²) in [6, 6.07) is 0. The van der Waals surface area contributed by atoms with Crippen LogP contribution in [0.25, 0.3) is 6.15 Å². The number of hydrogen-bond donors (Lipinski definition) is 0. The van der Waals surface area contributed by atoms with Gasteiger partial charge >= 0.3 is 25.7 Å². The molecular weight excluding hydrogens is 93.9 g/mol. The molecule has 0 atom stereocenters. The second kappa shape index (κ2) is 10.4. The summed E-state index contributed by atoms with van der Waals surface area (Å²) in [5.74, 6) is 0. The first kappa shape index (κ1) is 8.86. The van der Waals surface area contributed by atoms with Crippen molar-refractivity contribution < 1.29 is 25.7 Å². The summed E-state index contributed by atoms with van der Waals surface area (Å²) in [7, 11) is 0. The maximum atomic E-state index is 8.50. The van der Waals surface area contributed by atoms with Crippen LogP contribution in [0.1, 0.15) is 0 Å². The molecule has 24 valence electrons. The number of hydrogen-bond acceptors (Lipinski definition) is 2. The van der Waals surface area contributed by atoms with E-state index in [9.17, 15) is 0 Å². The average molecular weight is 95.9 g/mol. The van der Waals surface area contributed by atoms with Gasteiger partial charge in [0.2, 0.25) is 0 Å². The van der Waals surface area contributed by atoms with Crippen molar-refractivity contribution in [2.45, 2.75) is 0 Å². The molecule has 0 heterocycles. The molecule has 0 radical (unpaired) electrons. The van der Waals surface area contributed by atoms with Crippen LogP contribution >= 0.6 is 0 Å². The molecule has 3 nitrogen and oxygen atoms in total. The van der Waals surface area contributed by atoms with Gasteiger partial charge in [-0.15, -0.1) is 0 Å². The Kier molecular flexibility index (Phi) is 23.1. The quantitative estimate of drug-likeness (QED) is 0.411. The molecule has 0 fully saturated rings. The topological polar surface area (TPSA) is 67.6 Å². The Bertz CT molecular complexity index is 27.0. The molecule has 0 saturated heterocycles. The van der Waals surface area contributed by atoms with Gasteiger partial charge in [-0.2, -0.15) is 0 Å². The summed E-state index contributed by atoms with van der Waals surface area (Å²) in [4.78, 5) is 0. The Morgan fingerprint density at radius 3 is 1.25 bits per heavy atom. The van der Waals surface area contributed by atoms with Crippen molar-refractivity contribution in [2.24, 2.45) is 0 Å². The molecule has 4 heteroatoms. The first-order chi connectivity index (χ1) is 1.41. The monoisotopic (exact) mass is 96.0 g/mol. The van der Waals surface area contributed by atoms with E-state index in [1.165, 1.54) is 0 Å². The van der Waals surface area contributed by atoms with E-state index in [0.29, 0.717) is 0 Å². The van der Waals surface area contributed by atoms with Crippen molar-refractivity contribution in [2.75, 3.05) is 0 Å². The van der Waals surface area contributed by atoms with Gasteiger partial charge in [0.1, 0.15) is 0 Å². The Morgan fingerprint density at radius 2 is 1.25 bits per heavy atom. The molecule has 4 heavy (non-hydrogen) atoms. The minimum atomic E-state index is -2.00. The van der Waals surface area contributed by atoms with Gasteiger partial charge in [-0.05, 0) is 0 Å². The Hall–Kier alpha value is 0.274. The first-order valence-electron chi connectivity index (χ1n) is 0.408. The van der Waals surface area contributed by atoms with Crippen molar-refractivity contribution >= 4 is 0 Å². The summed E-state index contributed by atoms with van der Waals surface area (Å²) >= 11 is -2.00. The molecule has 0 spiro atoms. The van der Waals surface area contributed by atoms with Gasteiger partial charge in [0.05, 0.1) is 0 Å². The van der Waals surface area contributed by atoms with Crippen molar-refractivity contribution in [1.29, 1.82) is 0 Å².